The van der Waals surface area contributed by atoms with Gasteiger partial charge in [-0.1, -0.05) is 27.2 Å². The van der Waals surface area contributed by atoms with Gasteiger partial charge in [0.05, 0.1) is 16.9 Å². The van der Waals surface area contributed by atoms with E-state index >= 15 is 0 Å². The summed E-state index contributed by atoms with van der Waals surface area (Å²) in [6.07, 6.45) is 16.8. The average Bonchev–Trinajstić information content (AvgIpc) is 3.54. The van der Waals surface area contributed by atoms with Crippen molar-refractivity contribution >= 4 is 31.8 Å². The Morgan fingerprint density at radius 3 is 2.60 bits per heavy atom. The first kappa shape index (κ1) is 25.1. The summed E-state index contributed by atoms with van der Waals surface area (Å²) >= 11 is 1.97. The van der Waals surface area contributed by atoms with Crippen LogP contribution in [-0.2, 0) is 13.0 Å². The standard InChI is InChI=1S/C38H46N4S/c1-19(2)18-41-34-28-14-23-11-20(3)32-33(26(23)15-31(28)43-37(34)40-35(41)27-13-21-7-8-22(27)12-21)42(25-5-4-6-25)36(39-32)29-17-38-16-24(38)9-10-30(29)38/h14-15,19-22,24-25,27,29-30H,4-13,16-18H2,1-3H3. The van der Waals surface area contributed by atoms with Crippen molar-refractivity contribution < 1.29 is 0 Å². The Balaban J connectivity index is 1.07. The Morgan fingerprint density at radius 2 is 1.88 bits per heavy atom. The van der Waals surface area contributed by atoms with Crippen molar-refractivity contribution in [3.63, 3.8) is 0 Å². The Labute approximate surface area is 259 Å². The van der Waals surface area contributed by atoms with Crippen LogP contribution in [0.3, 0.4) is 0 Å². The summed E-state index contributed by atoms with van der Waals surface area (Å²) in [4.78, 5) is 12.4. The lowest BCUT2D eigenvalue weighted by Gasteiger charge is -2.45. The van der Waals surface area contributed by atoms with E-state index in [4.69, 9.17) is 9.97 Å². The molecule has 224 valence electrons. The van der Waals surface area contributed by atoms with E-state index in [1.165, 1.54) is 120 Å². The first-order chi connectivity index (χ1) is 21.0. The highest BCUT2D eigenvalue weighted by atomic mass is 32.1. The van der Waals surface area contributed by atoms with Crippen molar-refractivity contribution in [3.8, 4) is 11.3 Å². The fourth-order valence-corrected chi connectivity index (χ4v) is 13.0. The van der Waals surface area contributed by atoms with Crippen LogP contribution in [0.1, 0.15) is 138 Å². The van der Waals surface area contributed by atoms with E-state index < -0.39 is 0 Å². The second kappa shape index (κ2) is 8.36. The van der Waals surface area contributed by atoms with Gasteiger partial charge in [0.15, 0.2) is 0 Å². The predicted molar refractivity (Wildman–Crippen MR) is 175 cm³/mol. The minimum absolute atomic E-state index is 0.491. The van der Waals surface area contributed by atoms with Crippen LogP contribution in [0.15, 0.2) is 12.1 Å². The predicted octanol–water partition coefficient (Wildman–Crippen LogP) is 9.96. The molecule has 8 unspecified atom stereocenters. The van der Waals surface area contributed by atoms with Gasteiger partial charge in [-0.15, -0.1) is 11.3 Å². The average molecular weight is 591 g/mol. The Bertz CT molecular complexity index is 1830. The quantitative estimate of drug-likeness (QED) is 0.232. The second-order valence-corrected chi connectivity index (χ2v) is 17.9. The summed E-state index contributed by atoms with van der Waals surface area (Å²) in [6.45, 7) is 8.32. The first-order valence-electron chi connectivity index (χ1n) is 18.0. The molecule has 0 N–H and O–H groups in total. The normalized spacial score (nSPS) is 37.1. The molecule has 2 bridgehead atoms. The fourth-order valence-electron chi connectivity index (χ4n) is 11.9. The number of fused-ring (bicyclic) bond motifs is 8. The maximum absolute atomic E-state index is 5.65. The van der Waals surface area contributed by atoms with Crippen molar-refractivity contribution in [2.24, 2.45) is 35.0 Å². The van der Waals surface area contributed by atoms with Crippen molar-refractivity contribution in [2.75, 3.05) is 0 Å². The molecule has 4 nitrogen and oxygen atoms in total. The number of nitrogens with zero attached hydrogens (tertiary/aromatic N) is 4. The second-order valence-electron chi connectivity index (χ2n) is 16.9. The third-order valence-electron chi connectivity index (χ3n) is 14.2. The molecule has 43 heavy (non-hydrogen) atoms. The number of benzene rings is 1. The van der Waals surface area contributed by atoms with Crippen LogP contribution < -0.4 is 0 Å². The minimum Gasteiger partial charge on any atom is -0.326 e. The van der Waals surface area contributed by atoms with E-state index in [9.17, 15) is 0 Å². The van der Waals surface area contributed by atoms with Crippen LogP contribution >= 0.6 is 11.3 Å². The zero-order valence-electron chi connectivity index (χ0n) is 26.2. The third kappa shape index (κ3) is 3.19. The lowest BCUT2D eigenvalue weighted by Crippen LogP contribution is -2.37. The van der Waals surface area contributed by atoms with Gasteiger partial charge < -0.3 is 9.13 Å². The molecule has 7 aliphatic rings. The van der Waals surface area contributed by atoms with Gasteiger partial charge in [-0.2, -0.15) is 0 Å². The number of rotatable bonds is 5. The van der Waals surface area contributed by atoms with E-state index in [-0.39, 0.29) is 0 Å². The van der Waals surface area contributed by atoms with Gasteiger partial charge >= 0.3 is 0 Å². The van der Waals surface area contributed by atoms with Gasteiger partial charge in [-0.05, 0) is 123 Å². The van der Waals surface area contributed by atoms with Crippen molar-refractivity contribution in [3.05, 3.63) is 35.0 Å². The van der Waals surface area contributed by atoms with E-state index in [1.54, 1.807) is 5.56 Å². The number of thiophene rings is 1. The Kier molecular flexibility index (Phi) is 4.88. The zero-order valence-corrected chi connectivity index (χ0v) is 27.1. The highest BCUT2D eigenvalue weighted by Crippen LogP contribution is 2.80. The van der Waals surface area contributed by atoms with Crippen LogP contribution in [0.5, 0.6) is 0 Å². The van der Waals surface area contributed by atoms with Gasteiger partial charge in [0.2, 0.25) is 0 Å². The van der Waals surface area contributed by atoms with Gasteiger partial charge in [0.1, 0.15) is 16.5 Å². The summed E-state index contributed by atoms with van der Waals surface area (Å²) in [5.74, 6) is 9.23. The molecule has 1 aromatic carbocycles. The van der Waals surface area contributed by atoms with Crippen molar-refractivity contribution in [2.45, 2.75) is 128 Å². The van der Waals surface area contributed by atoms with Gasteiger partial charge in [0, 0.05) is 46.0 Å². The molecule has 11 rings (SSSR count). The molecule has 4 aromatic rings. The minimum atomic E-state index is 0.491. The molecule has 3 aromatic heterocycles. The monoisotopic (exact) mass is 590 g/mol. The zero-order chi connectivity index (χ0) is 28.4. The molecular weight excluding hydrogens is 545 g/mol. The van der Waals surface area contributed by atoms with Crippen LogP contribution in [0.25, 0.3) is 31.7 Å². The fraction of sp³-hybridized carbons (Fsp3) is 0.684. The molecule has 6 saturated carbocycles. The molecule has 6 fully saturated rings. The Morgan fingerprint density at radius 1 is 0.977 bits per heavy atom. The lowest BCUT2D eigenvalue weighted by molar-refractivity contribution is 0.107. The van der Waals surface area contributed by atoms with Crippen LogP contribution in [0.2, 0.25) is 0 Å². The summed E-state index contributed by atoms with van der Waals surface area (Å²) < 4.78 is 6.98. The van der Waals surface area contributed by atoms with Gasteiger partial charge in [0.25, 0.3) is 0 Å². The Hall–Kier alpha value is -2.14. The molecule has 7 aliphatic carbocycles. The maximum atomic E-state index is 5.65. The van der Waals surface area contributed by atoms with Crippen molar-refractivity contribution in [1.82, 2.24) is 19.1 Å². The van der Waals surface area contributed by atoms with E-state index in [2.05, 4.69) is 42.0 Å². The topological polar surface area (TPSA) is 35.6 Å². The summed E-state index contributed by atoms with van der Waals surface area (Å²) in [5, 5.41) is 1.47. The molecule has 3 heterocycles. The highest BCUT2D eigenvalue weighted by molar-refractivity contribution is 7.25. The molecule has 8 atom stereocenters. The van der Waals surface area contributed by atoms with Gasteiger partial charge in [-0.3, -0.25) is 0 Å². The molecule has 1 spiro atoms. The number of imidazole rings is 2. The largest absolute Gasteiger partial charge is 0.326 e. The SMILES string of the molecule is CC(C)Cn1c(C2CC3CCC2C3)nc2sc3cc4c(cc3c21)CC(C)c1nc(C2CC35CC3CCC25)n(C2CCC2)c1-4. The molecule has 5 heteroatoms. The van der Waals surface area contributed by atoms with E-state index in [0.717, 1.165) is 42.1 Å². The highest BCUT2D eigenvalue weighted by Gasteiger charge is 2.71. The van der Waals surface area contributed by atoms with Crippen LogP contribution in [0.4, 0.5) is 0 Å². The van der Waals surface area contributed by atoms with Crippen LogP contribution in [-0.4, -0.2) is 19.1 Å². The van der Waals surface area contributed by atoms with Crippen LogP contribution in [0, 0.1) is 35.0 Å². The van der Waals surface area contributed by atoms with E-state index in [0.29, 0.717) is 29.7 Å². The number of hydrogen-bond donors (Lipinski definition) is 0. The van der Waals surface area contributed by atoms with Gasteiger partial charge in [-0.25, -0.2) is 9.97 Å². The van der Waals surface area contributed by atoms with E-state index in [1.807, 2.05) is 11.3 Å². The molecular formula is C38H46N4S. The third-order valence-corrected chi connectivity index (χ3v) is 15.2. The number of aromatic nitrogens is 4. The first-order valence-corrected chi connectivity index (χ1v) is 18.9. The summed E-state index contributed by atoms with van der Waals surface area (Å²) in [7, 11) is 0. The molecule has 0 saturated heterocycles. The maximum Gasteiger partial charge on any atom is 0.143 e. The summed E-state index contributed by atoms with van der Waals surface area (Å²) in [6, 6.07) is 5.87. The number of hydrogen-bond acceptors (Lipinski definition) is 3. The lowest BCUT2D eigenvalue weighted by atomic mass is 9.62. The molecule has 0 aliphatic heterocycles. The van der Waals surface area contributed by atoms with Crippen molar-refractivity contribution in [1.29, 1.82) is 0 Å². The molecule has 0 amide bonds. The smallest absolute Gasteiger partial charge is 0.143 e. The molecule has 0 radical (unpaired) electrons. The summed E-state index contributed by atoms with van der Waals surface area (Å²) in [5.41, 5.74) is 8.19.